The highest BCUT2D eigenvalue weighted by molar-refractivity contribution is 8.00. The monoisotopic (exact) mass is 641 g/mol. The van der Waals surface area contributed by atoms with E-state index in [-0.39, 0.29) is 48.7 Å². The molecule has 5 rings (SSSR count). The summed E-state index contributed by atoms with van der Waals surface area (Å²) in [6, 6.07) is 25.3. The molecule has 2 heterocycles. The summed E-state index contributed by atoms with van der Waals surface area (Å²) in [5, 5.41) is 14.8. The quantitative estimate of drug-likeness (QED) is 0.145. The zero-order valence-corrected chi connectivity index (χ0v) is 25.9. The standard InChI is InChI=1S/C35H35N3O7S/c1-2-35(34(43)44)21-38-31(41)28(32(38)46-22-35)37-27(39)20-12-19-26(36-30(40)25-17-10-5-11-18-25)33(42)45-29(23-13-6-3-7-14-23)24-15-8-4-9-16-24/h2-11,13-18,26,28-29,32H,1,12,19-22H2,(H,36,40)(H,37,39)(H,43,44)/t26?,28?,32-,35?/m1/s1. The molecule has 0 saturated carbocycles. The molecule has 3 aromatic carbocycles. The van der Waals surface area contributed by atoms with Crippen LogP contribution in [0, 0.1) is 5.41 Å². The predicted molar refractivity (Wildman–Crippen MR) is 173 cm³/mol. The van der Waals surface area contributed by atoms with Crippen molar-refractivity contribution in [2.45, 2.75) is 42.8 Å². The first-order chi connectivity index (χ1) is 22.2. The van der Waals surface area contributed by atoms with Crippen LogP contribution in [0.4, 0.5) is 0 Å². The summed E-state index contributed by atoms with van der Waals surface area (Å²) in [6.07, 6.45) is 0.986. The highest BCUT2D eigenvalue weighted by Gasteiger charge is 2.56. The summed E-state index contributed by atoms with van der Waals surface area (Å²) < 4.78 is 6.03. The van der Waals surface area contributed by atoms with Crippen LogP contribution in [-0.2, 0) is 23.9 Å². The van der Waals surface area contributed by atoms with Gasteiger partial charge in [0.05, 0.1) is 0 Å². The van der Waals surface area contributed by atoms with Crippen LogP contribution < -0.4 is 10.6 Å². The van der Waals surface area contributed by atoms with Gasteiger partial charge in [0, 0.05) is 24.3 Å². The molecule has 0 spiro atoms. The lowest BCUT2D eigenvalue weighted by Crippen LogP contribution is -2.73. The Morgan fingerprint density at radius 2 is 1.57 bits per heavy atom. The van der Waals surface area contributed by atoms with Crippen LogP contribution in [0.5, 0.6) is 0 Å². The Morgan fingerprint density at radius 3 is 2.13 bits per heavy atom. The molecule has 0 aromatic heterocycles. The lowest BCUT2D eigenvalue weighted by Gasteiger charge is -2.53. The smallest absolute Gasteiger partial charge is 0.329 e. The number of carboxylic acids is 1. The molecule has 3 unspecified atom stereocenters. The zero-order valence-electron chi connectivity index (χ0n) is 25.0. The van der Waals surface area contributed by atoms with Crippen LogP contribution in [0.2, 0.25) is 0 Å². The van der Waals surface area contributed by atoms with Crippen LogP contribution in [0.25, 0.3) is 0 Å². The number of hydrogen-bond donors (Lipinski definition) is 3. The van der Waals surface area contributed by atoms with E-state index in [9.17, 15) is 29.1 Å². The Balaban J connectivity index is 1.23. The first kappa shape index (κ1) is 32.5. The van der Waals surface area contributed by atoms with E-state index in [1.807, 2.05) is 60.7 Å². The topological polar surface area (TPSA) is 142 Å². The highest BCUT2D eigenvalue weighted by atomic mass is 32.2. The molecule has 2 saturated heterocycles. The van der Waals surface area contributed by atoms with E-state index in [4.69, 9.17) is 4.74 Å². The number of β-lactam (4-membered cyclic amide) rings is 1. The number of nitrogens with zero attached hydrogens (tertiary/aromatic N) is 1. The second-order valence-corrected chi connectivity index (χ2v) is 12.4. The molecule has 0 radical (unpaired) electrons. The molecular formula is C35H35N3O7S. The van der Waals surface area contributed by atoms with Crippen LogP contribution >= 0.6 is 11.8 Å². The van der Waals surface area contributed by atoms with Crippen molar-refractivity contribution >= 4 is 41.4 Å². The van der Waals surface area contributed by atoms with Crippen LogP contribution in [0.15, 0.2) is 104 Å². The van der Waals surface area contributed by atoms with E-state index >= 15 is 0 Å². The number of amides is 3. The van der Waals surface area contributed by atoms with Crippen LogP contribution in [-0.4, -0.2) is 69.4 Å². The summed E-state index contributed by atoms with van der Waals surface area (Å²) in [5.74, 6) is -2.62. The van der Waals surface area contributed by atoms with Gasteiger partial charge in [-0.1, -0.05) is 84.9 Å². The molecule has 0 aliphatic carbocycles. The van der Waals surface area contributed by atoms with Crippen molar-refractivity contribution in [3.63, 3.8) is 0 Å². The van der Waals surface area contributed by atoms with E-state index in [2.05, 4.69) is 17.2 Å². The van der Waals surface area contributed by atoms with Crippen molar-refractivity contribution in [3.05, 3.63) is 120 Å². The Hall–Kier alpha value is -4.90. The van der Waals surface area contributed by atoms with Crippen molar-refractivity contribution in [2.24, 2.45) is 5.41 Å². The Kier molecular flexibility index (Phi) is 10.2. The van der Waals surface area contributed by atoms with E-state index in [0.29, 0.717) is 5.56 Å². The molecule has 3 aromatic rings. The molecule has 3 amide bonds. The minimum atomic E-state index is -1.22. The number of carboxylic acid groups (broad SMARTS) is 1. The molecule has 11 heteroatoms. The molecule has 10 nitrogen and oxygen atoms in total. The van der Waals surface area contributed by atoms with Crippen LogP contribution in [0.3, 0.4) is 0 Å². The third-order valence-electron chi connectivity index (χ3n) is 8.20. The fourth-order valence-electron chi connectivity index (χ4n) is 5.51. The number of rotatable bonds is 13. The van der Waals surface area contributed by atoms with Crippen molar-refractivity contribution in [2.75, 3.05) is 12.3 Å². The van der Waals surface area contributed by atoms with E-state index in [1.54, 1.807) is 30.3 Å². The number of benzene rings is 3. The minimum absolute atomic E-state index is 0.00132. The van der Waals surface area contributed by atoms with Gasteiger partial charge in [0.15, 0.2) is 6.10 Å². The third-order valence-corrected chi connectivity index (χ3v) is 9.75. The number of carbonyl (C=O) groups excluding carboxylic acids is 4. The molecule has 2 aliphatic heterocycles. The first-order valence-electron chi connectivity index (χ1n) is 15.0. The number of esters is 1. The molecule has 0 bridgehead atoms. The van der Waals surface area contributed by atoms with Crippen LogP contribution in [0.1, 0.15) is 46.9 Å². The van der Waals surface area contributed by atoms with Crippen molar-refractivity contribution in [3.8, 4) is 0 Å². The minimum Gasteiger partial charge on any atom is -0.481 e. The molecule has 2 fully saturated rings. The SMILES string of the molecule is C=CC1(C(=O)O)CS[C@@H]2C(NC(=O)CCCC(NC(=O)c3ccccc3)C(=O)OC(c3ccccc3)c3ccccc3)C(=O)N2C1. The van der Waals surface area contributed by atoms with Gasteiger partial charge >= 0.3 is 11.9 Å². The van der Waals surface area contributed by atoms with Crippen molar-refractivity contribution in [1.82, 2.24) is 15.5 Å². The Morgan fingerprint density at radius 1 is 0.978 bits per heavy atom. The van der Waals surface area contributed by atoms with Gasteiger partial charge < -0.3 is 25.4 Å². The number of nitrogens with one attached hydrogen (secondary N) is 2. The number of hydrogen-bond acceptors (Lipinski definition) is 7. The lowest BCUT2D eigenvalue weighted by atomic mass is 9.87. The lowest BCUT2D eigenvalue weighted by molar-refractivity contribution is -0.156. The average Bonchev–Trinajstić information content (AvgIpc) is 3.09. The number of thioether (sulfide) groups is 1. The maximum atomic E-state index is 13.7. The largest absolute Gasteiger partial charge is 0.481 e. The zero-order chi connectivity index (χ0) is 32.7. The first-order valence-corrected chi connectivity index (χ1v) is 16.0. The molecule has 4 atom stereocenters. The third kappa shape index (κ3) is 7.15. The van der Waals surface area contributed by atoms with Gasteiger partial charge in [-0.2, -0.15) is 0 Å². The second kappa shape index (κ2) is 14.5. The fraction of sp³-hybridized carbons (Fsp3) is 0.286. The molecule has 238 valence electrons. The highest BCUT2D eigenvalue weighted by Crippen LogP contribution is 2.42. The van der Waals surface area contributed by atoms with Crippen molar-refractivity contribution in [1.29, 1.82) is 0 Å². The normalized spacial score (nSPS) is 20.9. The number of aliphatic carboxylic acids is 1. The second-order valence-electron chi connectivity index (χ2n) is 11.3. The number of fused-ring (bicyclic) bond motifs is 1. The number of carbonyl (C=O) groups is 5. The Labute approximate surface area is 271 Å². The van der Waals surface area contributed by atoms with Gasteiger partial charge in [0.2, 0.25) is 11.8 Å². The van der Waals surface area contributed by atoms with Gasteiger partial charge in [-0.15, -0.1) is 18.3 Å². The molecular weight excluding hydrogens is 606 g/mol. The molecule has 2 aliphatic rings. The maximum Gasteiger partial charge on any atom is 0.329 e. The summed E-state index contributed by atoms with van der Waals surface area (Å²) in [7, 11) is 0. The van der Waals surface area contributed by atoms with Crippen molar-refractivity contribution < 1.29 is 33.8 Å². The fourth-order valence-corrected chi connectivity index (χ4v) is 7.05. The van der Waals surface area contributed by atoms with E-state index in [0.717, 1.165) is 11.1 Å². The van der Waals surface area contributed by atoms with Gasteiger partial charge in [-0.05, 0) is 36.1 Å². The predicted octanol–water partition coefficient (Wildman–Crippen LogP) is 3.95. The summed E-state index contributed by atoms with van der Waals surface area (Å²) in [5.41, 5.74) is 0.688. The molecule has 46 heavy (non-hydrogen) atoms. The summed E-state index contributed by atoms with van der Waals surface area (Å²) in [6.45, 7) is 3.64. The van der Waals surface area contributed by atoms with E-state index < -0.39 is 41.4 Å². The molecule has 3 N–H and O–H groups in total. The number of ether oxygens (including phenoxy) is 1. The Bertz CT molecular complexity index is 1550. The summed E-state index contributed by atoms with van der Waals surface area (Å²) >= 11 is 1.30. The maximum absolute atomic E-state index is 13.7. The summed E-state index contributed by atoms with van der Waals surface area (Å²) in [4.78, 5) is 65.6. The van der Waals surface area contributed by atoms with Gasteiger partial charge in [-0.25, -0.2) is 4.79 Å². The van der Waals surface area contributed by atoms with Gasteiger partial charge in [0.1, 0.15) is 22.9 Å². The van der Waals surface area contributed by atoms with Gasteiger partial charge in [-0.3, -0.25) is 19.2 Å². The average molecular weight is 642 g/mol. The van der Waals surface area contributed by atoms with Gasteiger partial charge in [0.25, 0.3) is 5.91 Å². The van der Waals surface area contributed by atoms with E-state index in [1.165, 1.54) is 22.7 Å².